The molecule has 0 atom stereocenters. The Labute approximate surface area is 163 Å². The number of oxime groups is 1. The molecule has 0 spiro atoms. The van der Waals surface area contributed by atoms with E-state index in [9.17, 15) is 9.59 Å². The molecular weight excluding hydrogens is 376 g/mol. The average molecular weight is 401 g/mol. The highest BCUT2D eigenvalue weighted by atomic mass is 35.5. The Morgan fingerprint density at radius 3 is 2.19 bits per heavy atom. The minimum Gasteiger partial charge on any atom is -0.478 e. The van der Waals surface area contributed by atoms with Gasteiger partial charge in [-0.25, -0.2) is 9.59 Å². The molecule has 1 aromatic rings. The maximum atomic E-state index is 9.55. The summed E-state index contributed by atoms with van der Waals surface area (Å²) in [4.78, 5) is 24.3. The van der Waals surface area contributed by atoms with Gasteiger partial charge in [0.15, 0.2) is 0 Å². The maximum Gasteiger partial charge on any atom is 0.328 e. The normalized spacial score (nSPS) is 11.0. The minimum atomic E-state index is -1.26. The molecule has 4 N–H and O–H groups in total. The van der Waals surface area contributed by atoms with Crippen molar-refractivity contribution < 1.29 is 29.4 Å². The molecule has 9 heteroatoms. The summed E-state index contributed by atoms with van der Waals surface area (Å²) in [5.41, 5.74) is 7.33. The lowest BCUT2D eigenvalue weighted by Crippen LogP contribution is -2.08. The molecule has 0 aliphatic heterocycles. The molecule has 0 fully saturated rings. The van der Waals surface area contributed by atoms with E-state index in [1.807, 2.05) is 24.3 Å². The number of nitrogens with zero attached hydrogens (tertiary/aromatic N) is 1. The molecular formula is C18H25ClN2O6. The fraction of sp³-hybridized carbons (Fsp3) is 0.389. The van der Waals surface area contributed by atoms with E-state index < -0.39 is 11.9 Å². The monoisotopic (exact) mass is 400 g/mol. The zero-order valence-corrected chi connectivity index (χ0v) is 15.9. The standard InChI is InChI=1S/C14H21ClN2O2.C4H4O4/c1-18-10-3-2-4-14(17-19-11-9-16)12-5-7-13(15)8-6-12;5-3(6)1-2-4(7)8/h5-8H,2-4,9-11,16H2,1H3;1-2H,(H,5,6)(H,7,8)/b17-14+;2-1-. The Hall–Kier alpha value is -2.42. The summed E-state index contributed by atoms with van der Waals surface area (Å²) >= 11 is 5.88. The molecule has 0 amide bonds. The molecule has 0 radical (unpaired) electrons. The van der Waals surface area contributed by atoms with Crippen LogP contribution in [0.3, 0.4) is 0 Å². The van der Waals surface area contributed by atoms with Gasteiger partial charge >= 0.3 is 11.9 Å². The zero-order chi connectivity index (χ0) is 20.5. The van der Waals surface area contributed by atoms with Gasteiger partial charge in [-0.05, 0) is 37.0 Å². The molecule has 0 saturated heterocycles. The first-order valence-corrected chi connectivity index (χ1v) is 8.56. The molecule has 1 aromatic carbocycles. The van der Waals surface area contributed by atoms with E-state index in [1.165, 1.54) is 0 Å². The molecule has 0 heterocycles. The summed E-state index contributed by atoms with van der Waals surface area (Å²) in [5, 5.41) is 20.5. The summed E-state index contributed by atoms with van der Waals surface area (Å²) in [6.45, 7) is 1.65. The highest BCUT2D eigenvalue weighted by Crippen LogP contribution is 2.13. The Morgan fingerprint density at radius 2 is 1.70 bits per heavy atom. The number of methoxy groups -OCH3 is 1. The van der Waals surface area contributed by atoms with Crippen LogP contribution in [-0.2, 0) is 19.2 Å². The van der Waals surface area contributed by atoms with Gasteiger partial charge in [0, 0.05) is 37.4 Å². The van der Waals surface area contributed by atoms with Crippen molar-refractivity contribution in [1.82, 2.24) is 0 Å². The van der Waals surface area contributed by atoms with Crippen molar-refractivity contribution in [2.24, 2.45) is 10.9 Å². The number of carbonyl (C=O) groups is 2. The van der Waals surface area contributed by atoms with Gasteiger partial charge in [-0.15, -0.1) is 0 Å². The SMILES string of the molecule is COCCCC/C(=N\OCCN)c1ccc(Cl)cc1.O=C(O)/C=C\C(=O)O. The smallest absolute Gasteiger partial charge is 0.328 e. The summed E-state index contributed by atoms with van der Waals surface area (Å²) < 4.78 is 5.04. The number of carboxylic acid groups (broad SMARTS) is 2. The summed E-state index contributed by atoms with van der Waals surface area (Å²) in [6.07, 6.45) is 3.96. The highest BCUT2D eigenvalue weighted by molar-refractivity contribution is 6.30. The van der Waals surface area contributed by atoms with Crippen molar-refractivity contribution in [3.8, 4) is 0 Å². The van der Waals surface area contributed by atoms with Crippen molar-refractivity contribution in [3.05, 3.63) is 47.0 Å². The molecule has 0 aromatic heterocycles. The van der Waals surface area contributed by atoms with Crippen LogP contribution in [-0.4, -0.2) is 54.7 Å². The number of halogens is 1. The van der Waals surface area contributed by atoms with Gasteiger partial charge in [0.25, 0.3) is 0 Å². The van der Waals surface area contributed by atoms with Crippen molar-refractivity contribution in [3.63, 3.8) is 0 Å². The van der Waals surface area contributed by atoms with Gasteiger partial charge in [-0.1, -0.05) is 28.9 Å². The van der Waals surface area contributed by atoms with E-state index in [0.717, 1.165) is 37.1 Å². The van der Waals surface area contributed by atoms with E-state index in [1.54, 1.807) is 7.11 Å². The number of aliphatic carboxylic acids is 2. The van der Waals surface area contributed by atoms with Gasteiger partial charge in [0.2, 0.25) is 0 Å². The molecule has 1 rings (SSSR count). The fourth-order valence-electron chi connectivity index (χ4n) is 1.74. The molecule has 27 heavy (non-hydrogen) atoms. The number of ether oxygens (including phenoxy) is 1. The third-order valence-electron chi connectivity index (χ3n) is 2.94. The molecule has 0 aliphatic rings. The lowest BCUT2D eigenvalue weighted by Gasteiger charge is -2.07. The molecule has 0 bridgehead atoms. The third-order valence-corrected chi connectivity index (χ3v) is 3.19. The average Bonchev–Trinajstić information content (AvgIpc) is 2.63. The van der Waals surface area contributed by atoms with E-state index in [0.29, 0.717) is 30.3 Å². The van der Waals surface area contributed by atoms with Crippen LogP contribution >= 0.6 is 11.6 Å². The second kappa shape index (κ2) is 15.8. The van der Waals surface area contributed by atoms with E-state index >= 15 is 0 Å². The van der Waals surface area contributed by atoms with Crippen LogP contribution < -0.4 is 5.73 Å². The van der Waals surface area contributed by atoms with E-state index in [4.69, 9.17) is 37.1 Å². The third kappa shape index (κ3) is 14.4. The highest BCUT2D eigenvalue weighted by Gasteiger charge is 2.05. The van der Waals surface area contributed by atoms with Gasteiger partial charge in [0.05, 0.1) is 5.71 Å². The van der Waals surface area contributed by atoms with Gasteiger partial charge in [-0.2, -0.15) is 0 Å². The Balaban J connectivity index is 0.000000713. The van der Waals surface area contributed by atoms with E-state index in [-0.39, 0.29) is 0 Å². The van der Waals surface area contributed by atoms with Crippen molar-refractivity contribution in [2.45, 2.75) is 19.3 Å². The van der Waals surface area contributed by atoms with E-state index in [2.05, 4.69) is 5.16 Å². The van der Waals surface area contributed by atoms with Crippen LogP contribution in [0.1, 0.15) is 24.8 Å². The molecule has 0 aliphatic carbocycles. The second-order valence-electron chi connectivity index (χ2n) is 5.13. The predicted octanol–water partition coefficient (Wildman–Crippen LogP) is 2.55. The molecule has 150 valence electrons. The van der Waals surface area contributed by atoms with Crippen LogP contribution in [0, 0.1) is 0 Å². The summed E-state index contributed by atoms with van der Waals surface area (Å²) in [5.74, 6) is -2.51. The second-order valence-corrected chi connectivity index (χ2v) is 5.56. The number of hydrogen-bond acceptors (Lipinski definition) is 6. The minimum absolute atomic E-state index is 0.426. The first kappa shape index (κ1) is 24.6. The number of carboxylic acids is 2. The summed E-state index contributed by atoms with van der Waals surface area (Å²) in [6, 6.07) is 7.60. The first-order valence-electron chi connectivity index (χ1n) is 8.18. The number of unbranched alkanes of at least 4 members (excludes halogenated alkanes) is 1. The number of nitrogens with two attached hydrogens (primary N) is 1. The quantitative estimate of drug-likeness (QED) is 0.225. The van der Waals surface area contributed by atoms with Crippen LogP contribution in [0.4, 0.5) is 0 Å². The number of benzene rings is 1. The molecule has 0 saturated carbocycles. The summed E-state index contributed by atoms with van der Waals surface area (Å²) in [7, 11) is 1.71. The van der Waals surface area contributed by atoms with Crippen molar-refractivity contribution >= 4 is 29.3 Å². The predicted molar refractivity (Wildman–Crippen MR) is 103 cm³/mol. The van der Waals surface area contributed by atoms with Gasteiger partial charge < -0.3 is 25.5 Å². The van der Waals surface area contributed by atoms with Crippen molar-refractivity contribution in [1.29, 1.82) is 0 Å². The maximum absolute atomic E-state index is 9.55. The van der Waals surface area contributed by atoms with Crippen LogP contribution in [0.15, 0.2) is 41.6 Å². The first-order chi connectivity index (χ1) is 12.9. The van der Waals surface area contributed by atoms with Gasteiger partial charge in [-0.3, -0.25) is 0 Å². The number of hydrogen-bond donors (Lipinski definition) is 3. The largest absolute Gasteiger partial charge is 0.478 e. The van der Waals surface area contributed by atoms with Crippen LogP contribution in [0.5, 0.6) is 0 Å². The lowest BCUT2D eigenvalue weighted by molar-refractivity contribution is -0.134. The van der Waals surface area contributed by atoms with Crippen LogP contribution in [0.25, 0.3) is 0 Å². The van der Waals surface area contributed by atoms with Crippen molar-refractivity contribution in [2.75, 3.05) is 26.9 Å². The molecule has 8 nitrogen and oxygen atoms in total. The Kier molecular flexibility index (Phi) is 14.4. The molecule has 0 unspecified atom stereocenters. The van der Waals surface area contributed by atoms with Crippen LogP contribution in [0.2, 0.25) is 5.02 Å². The van der Waals surface area contributed by atoms with Gasteiger partial charge in [0.1, 0.15) is 6.61 Å². The fourth-order valence-corrected chi connectivity index (χ4v) is 1.87. The zero-order valence-electron chi connectivity index (χ0n) is 15.1. The number of rotatable bonds is 11. The Morgan fingerprint density at radius 1 is 1.11 bits per heavy atom. The Bertz CT molecular complexity index is 601. The topological polar surface area (TPSA) is 131 Å². The lowest BCUT2D eigenvalue weighted by atomic mass is 10.1.